The van der Waals surface area contributed by atoms with Gasteiger partial charge >= 0.3 is 0 Å². The standard InChI is InChI=1S/C27H28N4O3/c1-2-3-4-25(33-22-12-7-18(8-13-22)26(28)29)32-21-10-5-17(6-11-21)24-16-20-15-19(27(30)31)9-14-23(20)34-24/h5-16,25H,2-4H2,1H3,(H3,28,29)(H3,30,31). The molecule has 4 aromatic rings. The van der Waals surface area contributed by atoms with Gasteiger partial charge in [-0.05, 0) is 79.2 Å². The molecule has 6 N–H and O–H groups in total. The van der Waals surface area contributed by atoms with E-state index in [1.54, 1.807) is 30.3 Å². The summed E-state index contributed by atoms with van der Waals surface area (Å²) in [5.74, 6) is 2.14. The van der Waals surface area contributed by atoms with Crippen LogP contribution in [0.4, 0.5) is 0 Å². The number of nitrogens with one attached hydrogen (secondary N) is 2. The van der Waals surface area contributed by atoms with Crippen molar-refractivity contribution in [3.8, 4) is 22.8 Å². The van der Waals surface area contributed by atoms with Crippen molar-refractivity contribution >= 4 is 22.6 Å². The van der Waals surface area contributed by atoms with E-state index in [9.17, 15) is 0 Å². The molecule has 0 fully saturated rings. The van der Waals surface area contributed by atoms with Crippen molar-refractivity contribution in [1.29, 1.82) is 10.8 Å². The number of hydrogen-bond donors (Lipinski definition) is 4. The number of rotatable bonds is 10. The van der Waals surface area contributed by atoms with Gasteiger partial charge in [-0.25, -0.2) is 0 Å². The van der Waals surface area contributed by atoms with Crippen LogP contribution in [-0.4, -0.2) is 18.0 Å². The Labute approximate surface area is 198 Å². The Morgan fingerprint density at radius 3 is 2.00 bits per heavy atom. The van der Waals surface area contributed by atoms with Crippen LogP contribution in [0.1, 0.15) is 37.3 Å². The van der Waals surface area contributed by atoms with Crippen molar-refractivity contribution in [1.82, 2.24) is 0 Å². The third-order valence-corrected chi connectivity index (χ3v) is 5.46. The Bertz CT molecular complexity index is 1290. The van der Waals surface area contributed by atoms with Crippen LogP contribution in [0.25, 0.3) is 22.3 Å². The summed E-state index contributed by atoms with van der Waals surface area (Å²) >= 11 is 0. The van der Waals surface area contributed by atoms with Crippen molar-refractivity contribution in [2.24, 2.45) is 11.5 Å². The summed E-state index contributed by atoms with van der Waals surface area (Å²) in [4.78, 5) is 0. The Balaban J connectivity index is 1.48. The number of nitrogens with two attached hydrogens (primary N) is 2. The molecular weight excluding hydrogens is 428 g/mol. The summed E-state index contributed by atoms with van der Waals surface area (Å²) < 4.78 is 18.2. The van der Waals surface area contributed by atoms with Crippen LogP contribution in [0.3, 0.4) is 0 Å². The maximum Gasteiger partial charge on any atom is 0.241 e. The van der Waals surface area contributed by atoms with Crippen LogP contribution in [0, 0.1) is 10.8 Å². The molecule has 0 spiro atoms. The maximum absolute atomic E-state index is 7.61. The van der Waals surface area contributed by atoms with Crippen LogP contribution < -0.4 is 20.9 Å². The van der Waals surface area contributed by atoms with Gasteiger partial charge in [0.05, 0.1) is 0 Å². The molecule has 0 aliphatic rings. The summed E-state index contributed by atoms with van der Waals surface area (Å²) in [6.45, 7) is 2.13. The maximum atomic E-state index is 7.61. The summed E-state index contributed by atoms with van der Waals surface area (Å²) in [6, 6.07) is 22.2. The minimum atomic E-state index is -0.440. The largest absolute Gasteiger partial charge is 0.456 e. The molecule has 34 heavy (non-hydrogen) atoms. The third kappa shape index (κ3) is 5.38. The van der Waals surface area contributed by atoms with Gasteiger partial charge in [0.1, 0.15) is 34.5 Å². The average molecular weight is 457 g/mol. The fraction of sp³-hybridized carbons (Fsp3) is 0.185. The highest BCUT2D eigenvalue weighted by molar-refractivity contribution is 5.99. The van der Waals surface area contributed by atoms with Gasteiger partial charge in [-0.15, -0.1) is 0 Å². The van der Waals surface area contributed by atoms with Gasteiger partial charge in [-0.2, -0.15) is 0 Å². The molecule has 1 heterocycles. The first-order chi connectivity index (χ1) is 16.4. The molecule has 1 atom stereocenters. The molecule has 7 nitrogen and oxygen atoms in total. The van der Waals surface area contributed by atoms with Gasteiger partial charge in [0.2, 0.25) is 6.29 Å². The lowest BCUT2D eigenvalue weighted by atomic mass is 10.1. The van der Waals surface area contributed by atoms with Crippen LogP contribution in [0.2, 0.25) is 0 Å². The number of hydrogen-bond acceptors (Lipinski definition) is 5. The van der Waals surface area contributed by atoms with E-state index in [1.807, 2.05) is 42.5 Å². The minimum absolute atomic E-state index is 0.0224. The first-order valence-corrected chi connectivity index (χ1v) is 11.2. The summed E-state index contributed by atoms with van der Waals surface area (Å²) in [6.07, 6.45) is 2.30. The number of benzene rings is 3. The van der Waals surface area contributed by atoms with Crippen molar-refractivity contribution in [2.45, 2.75) is 32.5 Å². The average Bonchev–Trinajstić information content (AvgIpc) is 3.27. The SMILES string of the molecule is CCCCC(Oc1ccc(C(=N)N)cc1)Oc1ccc(-c2cc3cc(C(=N)N)ccc3o2)cc1. The zero-order chi connectivity index (χ0) is 24.1. The highest BCUT2D eigenvalue weighted by Gasteiger charge is 2.14. The molecule has 3 aromatic carbocycles. The Hall–Kier alpha value is -4.26. The lowest BCUT2D eigenvalue weighted by Gasteiger charge is -2.21. The number of fused-ring (bicyclic) bond motifs is 1. The van der Waals surface area contributed by atoms with Crippen molar-refractivity contribution in [2.75, 3.05) is 0 Å². The lowest BCUT2D eigenvalue weighted by Crippen LogP contribution is -2.24. The van der Waals surface area contributed by atoms with E-state index in [4.69, 9.17) is 36.2 Å². The second-order valence-electron chi connectivity index (χ2n) is 8.05. The van der Waals surface area contributed by atoms with Crippen LogP contribution in [-0.2, 0) is 0 Å². The highest BCUT2D eigenvalue weighted by Crippen LogP contribution is 2.30. The molecule has 4 rings (SSSR count). The molecule has 0 saturated heterocycles. The van der Waals surface area contributed by atoms with E-state index < -0.39 is 6.29 Å². The van der Waals surface area contributed by atoms with E-state index in [2.05, 4.69) is 6.92 Å². The normalized spacial score (nSPS) is 11.8. The monoisotopic (exact) mass is 456 g/mol. The molecule has 0 amide bonds. The van der Waals surface area contributed by atoms with E-state index in [0.29, 0.717) is 22.6 Å². The predicted octanol–water partition coefficient (Wildman–Crippen LogP) is 5.64. The fourth-order valence-corrected chi connectivity index (χ4v) is 3.58. The number of unbranched alkanes of at least 4 members (excludes halogenated alkanes) is 1. The summed E-state index contributed by atoms with van der Waals surface area (Å²) in [5.41, 5.74) is 14.1. The number of amidine groups is 2. The quantitative estimate of drug-likeness (QED) is 0.139. The summed E-state index contributed by atoms with van der Waals surface area (Å²) in [7, 11) is 0. The molecule has 174 valence electrons. The molecule has 0 aliphatic carbocycles. The van der Waals surface area contributed by atoms with E-state index in [-0.39, 0.29) is 11.7 Å². The molecule has 7 heteroatoms. The molecule has 0 saturated carbocycles. The Morgan fingerprint density at radius 2 is 1.41 bits per heavy atom. The van der Waals surface area contributed by atoms with Gasteiger partial charge in [-0.1, -0.05) is 13.3 Å². The van der Waals surface area contributed by atoms with E-state index in [1.165, 1.54) is 0 Å². The van der Waals surface area contributed by atoms with E-state index in [0.717, 1.165) is 41.6 Å². The van der Waals surface area contributed by atoms with Gasteiger partial charge in [-0.3, -0.25) is 10.8 Å². The van der Waals surface area contributed by atoms with Gasteiger partial charge < -0.3 is 25.4 Å². The van der Waals surface area contributed by atoms with Gasteiger partial charge in [0.15, 0.2) is 0 Å². The molecule has 0 radical (unpaired) electrons. The second kappa shape index (κ2) is 10.1. The zero-order valence-corrected chi connectivity index (χ0v) is 19.0. The molecule has 1 unspecified atom stereocenters. The topological polar surface area (TPSA) is 131 Å². The van der Waals surface area contributed by atoms with Crippen LogP contribution in [0.5, 0.6) is 11.5 Å². The highest BCUT2D eigenvalue weighted by atomic mass is 16.7. The van der Waals surface area contributed by atoms with Crippen molar-refractivity contribution < 1.29 is 13.9 Å². The number of nitrogen functional groups attached to an aromatic ring is 2. The third-order valence-electron chi connectivity index (χ3n) is 5.46. The zero-order valence-electron chi connectivity index (χ0n) is 19.0. The van der Waals surface area contributed by atoms with Crippen LogP contribution in [0.15, 0.2) is 77.2 Å². The molecule has 0 bridgehead atoms. The van der Waals surface area contributed by atoms with E-state index >= 15 is 0 Å². The molecular formula is C27H28N4O3. The molecule has 0 aliphatic heterocycles. The Kier molecular flexibility index (Phi) is 6.82. The lowest BCUT2D eigenvalue weighted by molar-refractivity contribution is -0.00211. The smallest absolute Gasteiger partial charge is 0.241 e. The van der Waals surface area contributed by atoms with Crippen molar-refractivity contribution in [3.05, 3.63) is 83.9 Å². The second-order valence-corrected chi connectivity index (χ2v) is 8.05. The minimum Gasteiger partial charge on any atom is -0.456 e. The fourth-order valence-electron chi connectivity index (χ4n) is 3.58. The molecule has 1 aromatic heterocycles. The Morgan fingerprint density at radius 1 is 0.824 bits per heavy atom. The first kappa shape index (κ1) is 22.9. The van der Waals surface area contributed by atoms with Crippen molar-refractivity contribution in [3.63, 3.8) is 0 Å². The van der Waals surface area contributed by atoms with Gasteiger partial charge in [0, 0.05) is 28.5 Å². The predicted molar refractivity (Wildman–Crippen MR) is 135 cm³/mol. The summed E-state index contributed by atoms with van der Waals surface area (Å²) in [5, 5.41) is 16.0. The van der Waals surface area contributed by atoms with Crippen LogP contribution >= 0.6 is 0 Å². The van der Waals surface area contributed by atoms with Gasteiger partial charge in [0.25, 0.3) is 0 Å². The number of ether oxygens (including phenoxy) is 2. The first-order valence-electron chi connectivity index (χ1n) is 11.2. The number of furan rings is 1.